The van der Waals surface area contributed by atoms with Crippen LogP contribution in [-0.2, 0) is 40.0 Å². The minimum atomic E-state index is -0.508. The summed E-state index contributed by atoms with van der Waals surface area (Å²) in [4.78, 5) is 34.8. The largest absolute Gasteiger partial charge is 0.504 e. The van der Waals surface area contributed by atoms with Crippen molar-refractivity contribution in [3.63, 3.8) is 0 Å². The van der Waals surface area contributed by atoms with Gasteiger partial charge in [-0.05, 0) is 220 Å². The predicted molar refractivity (Wildman–Crippen MR) is 641 cm³/mol. The number of aliphatic imine (C=N–C) groups is 2. The molecular weight excluding hydrogens is 2310 g/mol. The fourth-order valence-electron chi connectivity index (χ4n) is 10.1. The van der Waals surface area contributed by atoms with E-state index in [0.717, 1.165) is 33.4 Å². The number of carbonyl (C=O) groups is 2. The SMILES string of the molecule is Cn1nc(-c2ccc(CN=[N+]=[N-])cc2)c(O)c1C1=Nc2cc(C(N)=O)ccc2C1.Cn1nc(-c2ccc(Cn3ccnn3)cc2)c(O)c1C1=Nc2cc(C(N)=O)ccc2C1.PP(P)P(P(P)P)P(P(P)P)P(P(P(P)P)P(P)P)P(P(P(P(P)P)P(P)P)P(P(P)P)P(P)P)P(P(P(P)P)P(P)P)P(P(P)P)P(P)P. The molecule has 68 heteroatoms. The van der Waals surface area contributed by atoms with E-state index in [1.165, 1.54) is 0 Å². The molecule has 0 saturated carbocycles. The highest BCUT2D eigenvalue weighted by molar-refractivity contribution is 9.52. The summed E-state index contributed by atoms with van der Waals surface area (Å²) >= 11 is 0. The maximum atomic E-state index is 11.4. The number of aryl methyl sites for hydroxylation is 2. The van der Waals surface area contributed by atoms with Crippen molar-refractivity contribution in [3.8, 4) is 34.0 Å². The smallest absolute Gasteiger partial charge is 0.248 e. The van der Waals surface area contributed by atoms with E-state index in [-0.39, 0.29) is 186 Å². The fraction of sp³-hybridized carbons (Fsp3) is 0.143. The average Bonchev–Trinajstić information content (AvgIpc) is 1.37. The van der Waals surface area contributed by atoms with Gasteiger partial charge in [-0.3, -0.25) is 28.9 Å². The summed E-state index contributed by atoms with van der Waals surface area (Å²) in [6, 6.07) is 25.4. The van der Waals surface area contributed by atoms with Gasteiger partial charge in [0.05, 0.1) is 42.1 Å². The van der Waals surface area contributed by atoms with Gasteiger partial charge in [0.1, 0.15) is 22.8 Å². The molecule has 28 unspecified atom stereocenters. The molecule has 28 atom stereocenters. The normalized spacial score (nSPS) is 13.9. The monoisotopic (exact) mass is 2400 g/mol. The molecule has 6 N–H and O–H groups in total. The van der Waals surface area contributed by atoms with Crippen LogP contribution < -0.4 is 11.5 Å². The fourth-order valence-corrected chi connectivity index (χ4v) is 721. The molecule has 0 radical (unpaired) electrons. The summed E-state index contributed by atoms with van der Waals surface area (Å²) in [5, 5.41) is 42.1. The van der Waals surface area contributed by atoms with Crippen molar-refractivity contribution in [2.45, 2.75) is 25.9 Å². The lowest BCUT2D eigenvalue weighted by Gasteiger charge is -2.58. The van der Waals surface area contributed by atoms with Crippen LogP contribution in [0.5, 0.6) is 11.5 Å². The topological polar surface area (TPSA) is 266 Å². The molecule has 0 aliphatic carbocycles. The molecule has 3 aromatic heterocycles. The highest BCUT2D eigenvalue weighted by Gasteiger charge is 2.59. The zero-order valence-corrected chi connectivity index (χ0v) is 110. The summed E-state index contributed by atoms with van der Waals surface area (Å²) < 4.78 is 4.97. The summed E-state index contributed by atoms with van der Waals surface area (Å²) in [6.45, 7) is -3.09. The zero-order chi connectivity index (χ0) is 81.9. The lowest BCUT2D eigenvalue weighted by atomic mass is 10.0. The maximum Gasteiger partial charge on any atom is 0.248 e. The number of carbonyl (C=O) groups excluding carboxylic acids is 2. The Morgan fingerprint density at radius 2 is 0.745 bits per heavy atom. The van der Waals surface area contributed by atoms with Crippen LogP contribution in [0, 0.1) is 0 Å². The maximum absolute atomic E-state index is 11.4. The highest BCUT2D eigenvalue weighted by Crippen LogP contribution is 3.46. The van der Waals surface area contributed by atoms with Crippen LogP contribution in [0.2, 0.25) is 0 Å². The first kappa shape index (κ1) is 110. The van der Waals surface area contributed by atoms with Crippen LogP contribution in [-0.4, -0.2) is 68.0 Å². The van der Waals surface area contributed by atoms with E-state index < -0.39 is 11.8 Å². The number of fused-ring (bicyclic) bond motifs is 2. The molecule has 9 rings (SSSR count). The first-order valence-corrected chi connectivity index (χ1v) is 120. The van der Waals surface area contributed by atoms with E-state index >= 15 is 0 Å². The average molecular weight is 2400 g/mol. The lowest BCUT2D eigenvalue weighted by molar-refractivity contribution is 0.0992. The molecule has 5 heterocycles. The molecule has 0 spiro atoms. The molecule has 0 fully saturated rings. The third kappa shape index (κ3) is 30.8. The van der Waals surface area contributed by atoms with E-state index in [4.69, 9.17) is 17.0 Å². The number of aromatic nitrogens is 7. The number of primary amides is 2. The Morgan fingerprint density at radius 1 is 0.445 bits per heavy atom. The molecule has 7 aromatic rings. The Balaban J connectivity index is 0.000000240. The van der Waals surface area contributed by atoms with Crippen LogP contribution >= 0.6 is 400 Å². The lowest BCUT2D eigenvalue weighted by Crippen LogP contribution is -2.10. The van der Waals surface area contributed by atoms with Gasteiger partial charge in [-0.1, -0.05) is 71.0 Å². The molecule has 0 bridgehead atoms. The third-order valence-electron chi connectivity index (χ3n) is 14.4. The predicted octanol–water partition coefficient (Wildman–Crippen LogP) is 34.7. The van der Waals surface area contributed by atoms with Gasteiger partial charge in [0.15, 0.2) is 11.5 Å². The van der Waals surface area contributed by atoms with E-state index in [1.807, 2.05) is 60.7 Å². The third-order valence-corrected chi connectivity index (χ3v) is 357. The molecule has 4 aromatic carbocycles. The van der Waals surface area contributed by atoms with Crippen LogP contribution in [0.15, 0.2) is 112 Å². The Hall–Kier alpha value is 13.1. The number of nitrogens with two attached hydrogens (primary N) is 2. The molecular formula is C42H88N14O4P50. The second-order valence-corrected chi connectivity index (χ2v) is 227. The molecule has 110 heavy (non-hydrogen) atoms. The minimum absolute atomic E-state index is 0.0389. The van der Waals surface area contributed by atoms with E-state index in [9.17, 15) is 19.8 Å². The molecule has 2 aliphatic heterocycles. The van der Waals surface area contributed by atoms with Gasteiger partial charge in [-0.15, -0.1) is 237 Å². The molecule has 2 amide bonds. The standard InChI is InChI=1S/C22H19N7O2.C20H17N7O2.H52P50/c1-28-20(18-10-15-6-7-16(22(23)31)11-17(15)25-18)21(30)19(26-28)14-4-2-13(3-5-14)12-29-9-8-24-27-29;1-27-18(16-8-13-6-7-14(20(21)29)9-15(13)24-16)19(28)17(25-27)12-4-2-11(3-5-12)10-23-26-22;1-27(2)40(28(3)4)46(39(25)26)49(45(37(21)22)38(23)24)50(47(41(29(5)6)30(7)8)42(31(9)10)32(11)12)48(43(33(13)14)34(15)16)44(35(17)18)36(19)20/h2-9,11,30H,10,12H2,1H3,(H2,23,31);2-7,9,28H,8,10H2,1H3,(H2,21,29);1-26H2. The van der Waals surface area contributed by atoms with E-state index in [2.05, 4.69) is 273 Å². The number of hydrogen-bond acceptors (Lipinski definition) is 11. The summed E-state index contributed by atoms with van der Waals surface area (Å²) in [7, 11) is 93.9. The van der Waals surface area contributed by atoms with Crippen LogP contribution in [0.3, 0.4) is 0 Å². The summed E-state index contributed by atoms with van der Waals surface area (Å²) in [5.41, 5.74) is 30.0. The Morgan fingerprint density at radius 3 is 1.04 bits per heavy atom. The summed E-state index contributed by atoms with van der Waals surface area (Å²) in [5.74, 6) is -0.888. The first-order chi connectivity index (χ1) is 51.6. The van der Waals surface area contributed by atoms with E-state index in [0.29, 0.717) is 76.1 Å². The van der Waals surface area contributed by atoms with Crippen molar-refractivity contribution in [1.29, 1.82) is 0 Å². The number of amides is 2. The minimum Gasteiger partial charge on any atom is -0.504 e. The van der Waals surface area contributed by atoms with Crippen molar-refractivity contribution in [1.82, 2.24) is 34.6 Å². The molecule has 0 saturated heterocycles. The number of rotatable bonds is 33. The van der Waals surface area contributed by atoms with Gasteiger partial charge in [0.2, 0.25) is 11.8 Å². The Kier molecular flexibility index (Phi) is 54.1. The number of aromatic hydroxyl groups is 2. The van der Waals surface area contributed by atoms with Crippen molar-refractivity contribution in [2.75, 3.05) is 0 Å². The first-order valence-electron chi connectivity index (χ1n) is 29.9. The highest BCUT2D eigenvalue weighted by atomic mass is 33.6. The van der Waals surface area contributed by atoms with Gasteiger partial charge in [-0.2, -0.15) is 10.2 Å². The van der Waals surface area contributed by atoms with Crippen molar-refractivity contribution < 1.29 is 19.8 Å². The second kappa shape index (κ2) is 54.0. The Bertz CT molecular complexity index is 4210. The Labute approximate surface area is 733 Å². The van der Waals surface area contributed by atoms with Crippen molar-refractivity contribution >= 4 is 434 Å². The van der Waals surface area contributed by atoms with Crippen molar-refractivity contribution in [2.24, 2.45) is 40.7 Å². The number of azide groups is 1. The van der Waals surface area contributed by atoms with Gasteiger partial charge in [0.25, 0.3) is 0 Å². The van der Waals surface area contributed by atoms with Crippen LogP contribution in [0.25, 0.3) is 33.0 Å². The van der Waals surface area contributed by atoms with E-state index in [1.54, 1.807) is 64.8 Å². The van der Waals surface area contributed by atoms with Gasteiger partial charge in [0, 0.05) is 60.3 Å². The van der Waals surface area contributed by atoms with Gasteiger partial charge >= 0.3 is 0 Å². The number of benzene rings is 4. The number of nitrogens with zero attached hydrogens (tertiary/aromatic N) is 12. The van der Waals surface area contributed by atoms with Gasteiger partial charge < -0.3 is 21.7 Å². The van der Waals surface area contributed by atoms with Crippen molar-refractivity contribution in [3.05, 3.63) is 153 Å². The molecule has 18 nitrogen and oxygen atoms in total. The molecule has 600 valence electrons. The number of hydrogen-bond donors (Lipinski definition) is 4. The quantitative estimate of drug-likeness (QED) is 0.0133. The zero-order valence-electron chi connectivity index (χ0n) is 58.0. The molecule has 2 aliphatic rings. The summed E-state index contributed by atoms with van der Waals surface area (Å²) in [6.07, 6.45) is 4.50. The van der Waals surface area contributed by atoms with Gasteiger partial charge in [-0.25, -0.2) is 4.68 Å². The van der Waals surface area contributed by atoms with Crippen LogP contribution in [0.4, 0.5) is 11.4 Å². The second-order valence-electron chi connectivity index (χ2n) is 22.0. The van der Waals surface area contributed by atoms with Crippen LogP contribution in [0.1, 0.15) is 54.4 Å².